The number of fused-ring (bicyclic) bond motifs is 33. The van der Waals surface area contributed by atoms with Gasteiger partial charge in [-0.2, -0.15) is 0 Å². The van der Waals surface area contributed by atoms with E-state index >= 15 is 0 Å². The summed E-state index contributed by atoms with van der Waals surface area (Å²) in [6, 6.07) is 162. The van der Waals surface area contributed by atoms with Crippen molar-refractivity contribution in [1.29, 1.82) is 0 Å². The molecular formula is C124H76N20. The molecule has 0 radical (unpaired) electrons. The van der Waals surface area contributed by atoms with Crippen LogP contribution in [-0.4, -0.2) is 93.7 Å². The number of aromatic nitrogens is 20. The molecule has 0 saturated carbocycles. The van der Waals surface area contributed by atoms with E-state index < -0.39 is 0 Å². The Morgan fingerprint density at radius 1 is 0.139 bits per heavy atom. The van der Waals surface area contributed by atoms with Crippen molar-refractivity contribution in [3.05, 3.63) is 461 Å². The number of para-hydroxylation sites is 17. The Hall–Kier alpha value is -20.1. The van der Waals surface area contributed by atoms with E-state index in [4.69, 9.17) is 39.9 Å². The van der Waals surface area contributed by atoms with E-state index in [0.29, 0.717) is 17.8 Å². The number of imidazole rings is 8. The molecule has 0 aliphatic rings. The monoisotopic (exact) mass is 1840 g/mol. The molecule has 0 aliphatic heterocycles. The van der Waals surface area contributed by atoms with Crippen molar-refractivity contribution in [3.8, 4) is 68.7 Å². The van der Waals surface area contributed by atoms with Gasteiger partial charge in [0.15, 0.2) is 0 Å². The van der Waals surface area contributed by atoms with E-state index in [1.165, 1.54) is 38.2 Å². The van der Waals surface area contributed by atoms with Crippen LogP contribution in [0.3, 0.4) is 0 Å². The summed E-state index contributed by atoms with van der Waals surface area (Å²) in [6.45, 7) is 0. The average molecular weight is 1850 g/mol. The molecule has 33 rings (SSSR count). The van der Waals surface area contributed by atoms with E-state index in [2.05, 4.69) is 442 Å². The molecule has 0 atom stereocenters. The minimum atomic E-state index is 0.585. The van der Waals surface area contributed by atoms with Gasteiger partial charge < -0.3 is 0 Å². The third-order valence-electron chi connectivity index (χ3n) is 28.9. The molecule has 0 amide bonds. The first kappa shape index (κ1) is 79.0. The summed E-state index contributed by atoms with van der Waals surface area (Å²) in [7, 11) is 0. The van der Waals surface area contributed by atoms with Crippen molar-refractivity contribution in [2.24, 2.45) is 0 Å². The van der Waals surface area contributed by atoms with Crippen LogP contribution in [0.25, 0.3) is 267 Å². The third-order valence-corrected chi connectivity index (χ3v) is 28.9. The lowest BCUT2D eigenvalue weighted by Gasteiger charge is -2.11. The molecule has 0 aliphatic carbocycles. The van der Waals surface area contributed by atoms with Crippen LogP contribution in [0.2, 0.25) is 0 Å². The number of nitrogens with zero attached hydrogens (tertiary/aromatic N) is 20. The van der Waals surface area contributed by atoms with Gasteiger partial charge in [-0.3, -0.25) is 49.2 Å². The Labute approximate surface area is 816 Å². The quantitative estimate of drug-likeness (QED) is 0.138. The van der Waals surface area contributed by atoms with E-state index in [0.717, 1.165) is 211 Å². The molecule has 33 aromatic rings. The van der Waals surface area contributed by atoms with E-state index in [9.17, 15) is 0 Å². The molecule has 15 heterocycles. The van der Waals surface area contributed by atoms with Gasteiger partial charge in [-0.15, -0.1) is 0 Å². The van der Waals surface area contributed by atoms with Gasteiger partial charge in [0.2, 0.25) is 29.4 Å². The smallest absolute Gasteiger partial charge is 0.238 e. The Morgan fingerprint density at radius 2 is 0.382 bits per heavy atom. The second-order valence-electron chi connectivity index (χ2n) is 36.8. The topological polar surface area (TPSA) is 159 Å². The fourth-order valence-corrected chi connectivity index (χ4v) is 22.7. The molecule has 672 valence electrons. The highest BCUT2D eigenvalue weighted by atomic mass is 15.3. The van der Waals surface area contributed by atoms with E-state index in [1.54, 1.807) is 0 Å². The van der Waals surface area contributed by atoms with Crippen LogP contribution in [0.5, 0.6) is 0 Å². The molecular weight excluding hydrogens is 1770 g/mol. The molecule has 0 N–H and O–H groups in total. The van der Waals surface area contributed by atoms with Crippen LogP contribution in [0.4, 0.5) is 0 Å². The first-order valence-electron chi connectivity index (χ1n) is 48.3. The lowest BCUT2D eigenvalue weighted by atomic mass is 10.1. The summed E-state index contributed by atoms with van der Waals surface area (Å²) >= 11 is 0. The number of hydrogen-bond acceptors (Lipinski definition) is 8. The highest BCUT2D eigenvalue weighted by molar-refractivity contribution is 6.06. The zero-order valence-corrected chi connectivity index (χ0v) is 76.8. The minimum Gasteiger partial charge on any atom is -0.294 e. The van der Waals surface area contributed by atoms with Crippen molar-refractivity contribution in [3.63, 3.8) is 0 Å². The van der Waals surface area contributed by atoms with Gasteiger partial charge in [-0.05, 0) is 182 Å². The normalized spacial score (nSPS) is 12.2. The molecule has 0 bridgehead atoms. The maximum Gasteiger partial charge on any atom is 0.238 e. The van der Waals surface area contributed by atoms with Crippen molar-refractivity contribution in [2.75, 3.05) is 0 Å². The van der Waals surface area contributed by atoms with Crippen LogP contribution in [0.1, 0.15) is 0 Å². The highest BCUT2D eigenvalue weighted by Crippen LogP contribution is 2.44. The van der Waals surface area contributed by atoms with Crippen LogP contribution in [0.15, 0.2) is 461 Å². The molecule has 18 aromatic carbocycles. The van der Waals surface area contributed by atoms with Gasteiger partial charge in [0, 0.05) is 65.8 Å². The second-order valence-corrected chi connectivity index (χ2v) is 36.8. The summed E-state index contributed by atoms with van der Waals surface area (Å²) < 4.78 is 27.4. The van der Waals surface area contributed by atoms with Crippen LogP contribution in [0, 0.1) is 0 Å². The largest absolute Gasteiger partial charge is 0.294 e. The zero-order chi connectivity index (χ0) is 94.0. The van der Waals surface area contributed by atoms with Crippen LogP contribution in [-0.2, 0) is 0 Å². The summed E-state index contributed by atoms with van der Waals surface area (Å²) in [5, 5.41) is 7.84. The van der Waals surface area contributed by atoms with Gasteiger partial charge in [0.05, 0.1) is 150 Å². The van der Waals surface area contributed by atoms with Crippen molar-refractivity contribution in [1.82, 2.24) is 93.7 Å². The molecule has 0 fully saturated rings. The predicted molar refractivity (Wildman–Crippen MR) is 582 cm³/mol. The van der Waals surface area contributed by atoms with Crippen molar-refractivity contribution < 1.29 is 0 Å². The fourth-order valence-electron chi connectivity index (χ4n) is 22.7. The average Bonchev–Trinajstić information content (AvgIpc) is 1.55. The molecule has 15 aromatic heterocycles. The van der Waals surface area contributed by atoms with E-state index in [1.807, 2.05) is 72.8 Å². The summed E-state index contributed by atoms with van der Waals surface area (Å²) in [4.78, 5) is 41.6. The number of hydrogen-bond donors (Lipinski definition) is 0. The lowest BCUT2D eigenvalue weighted by molar-refractivity contribution is 0.986. The van der Waals surface area contributed by atoms with Crippen molar-refractivity contribution in [2.45, 2.75) is 0 Å². The van der Waals surface area contributed by atoms with Gasteiger partial charge >= 0.3 is 0 Å². The first-order chi connectivity index (χ1) is 71.4. The number of rotatable bonds is 9. The number of benzene rings is 18. The second kappa shape index (κ2) is 30.7. The molecule has 20 nitrogen and oxygen atoms in total. The molecule has 20 heteroatoms. The molecule has 0 saturated heterocycles. The fraction of sp³-hybridized carbons (Fsp3) is 0. The standard InChI is InChI=1S/C42H26N6.2C41H25N7/c1-2-12-27(13-3-1)41-31-16-6-7-17-32(31)43-42(44-41)48-37-23-22-30(26-38(37)47-34-19-9-5-15-29(34)25-40(47)48)45-35-20-10-11-21-36(35)46-33-18-8-4-14-28(33)24-39(45)46;1-2-12-26(13-3-1)39-29-15-5-6-16-30(29)42-40(44-39)48-36-23-22-28(25-37(36)46-32-18-8-4-14-27(32)24-38(46)48)45-34-20-10-11-21-35(34)47-33-19-9-7-17-31(33)43-41(45)47;1-2-12-26(13-3-1)39-29-15-5-6-16-30(29)42-40(44-39)48-36-23-22-28(25-37(36)47-33-19-9-7-17-31(33)43-41(47)48)45-34-20-10-11-21-35(34)46-32-18-8-4-14-27(32)24-38(45)46/h1-26H;2*1-25H. The van der Waals surface area contributed by atoms with Gasteiger partial charge in [0.25, 0.3) is 0 Å². The van der Waals surface area contributed by atoms with Gasteiger partial charge in [-0.1, -0.05) is 279 Å². The minimum absolute atomic E-state index is 0.585. The maximum atomic E-state index is 5.29. The zero-order valence-electron chi connectivity index (χ0n) is 76.8. The summed E-state index contributed by atoms with van der Waals surface area (Å²) in [6.07, 6.45) is 0. The van der Waals surface area contributed by atoms with E-state index in [-0.39, 0.29) is 0 Å². The Morgan fingerprint density at radius 3 is 0.757 bits per heavy atom. The lowest BCUT2D eigenvalue weighted by Crippen LogP contribution is -2.04. The van der Waals surface area contributed by atoms with Gasteiger partial charge in [0.1, 0.15) is 22.6 Å². The maximum absolute atomic E-state index is 5.29. The third kappa shape index (κ3) is 11.7. The van der Waals surface area contributed by atoms with Crippen molar-refractivity contribution >= 4 is 199 Å². The molecule has 0 spiro atoms. The molecule has 0 unspecified atom stereocenters. The van der Waals surface area contributed by atoms with Gasteiger partial charge in [-0.25, -0.2) is 44.4 Å². The highest BCUT2D eigenvalue weighted by Gasteiger charge is 2.29. The summed E-state index contributed by atoms with van der Waals surface area (Å²) in [5.41, 5.74) is 37.9. The molecule has 144 heavy (non-hydrogen) atoms. The summed E-state index contributed by atoms with van der Waals surface area (Å²) in [5.74, 6) is 3.53. The Balaban J connectivity index is 0.0000000986. The van der Waals surface area contributed by atoms with Crippen LogP contribution < -0.4 is 0 Å². The Bertz CT molecular complexity index is 10200. The van der Waals surface area contributed by atoms with Crippen LogP contribution >= 0.6 is 0 Å². The first-order valence-corrected chi connectivity index (χ1v) is 48.3. The SMILES string of the molecule is c1ccc(-c2nc(-n3c4ccc(-n5c6ccccc6n6c7ccccc7cc56)cc4n4c5ccccc5cc34)nc3ccccc23)cc1.c1ccc(-c2nc(-n3c4ccc(-n5c6ccccc6n6c7ccccc7cc56)cc4n4c5ccccc5nc34)nc3ccccc23)cc1.c1ccc(-c2nc(-n3c4ccc(-n5c6ccccc6n6c7ccccc7nc56)cc4n4c5ccccc5cc34)nc3ccccc23)cc1. The Kier molecular flexibility index (Phi) is 16.8. The predicted octanol–water partition coefficient (Wildman–Crippen LogP) is 28.8.